The first kappa shape index (κ1) is 34.9. The van der Waals surface area contributed by atoms with Crippen molar-refractivity contribution in [1.82, 2.24) is 29.7 Å². The average Bonchev–Trinajstić information content (AvgIpc) is 3.99. The van der Waals surface area contributed by atoms with Crippen molar-refractivity contribution >= 4 is 38.6 Å². The van der Waals surface area contributed by atoms with Crippen LogP contribution in [-0.2, 0) is 29.1 Å². The molecule has 4 heterocycles. The number of carbonyl (C=O) groups is 3. The fourth-order valence-corrected chi connectivity index (χ4v) is 8.42. The summed E-state index contributed by atoms with van der Waals surface area (Å²) < 4.78 is 47.6. The average molecular weight is 721 g/mol. The van der Waals surface area contributed by atoms with E-state index in [1.807, 2.05) is 44.3 Å². The molecule has 0 radical (unpaired) electrons. The number of carbonyl (C=O) groups excluding carboxylic acids is 3. The summed E-state index contributed by atoms with van der Waals surface area (Å²) in [4.78, 5) is 48.1. The molecule has 2 aliphatic carbocycles. The maximum Gasteiger partial charge on any atom is 0.259 e. The highest BCUT2D eigenvalue weighted by Crippen LogP contribution is 2.46. The summed E-state index contributed by atoms with van der Waals surface area (Å²) in [6.45, 7) is 5.97. The Hall–Kier alpha value is -4.50. The van der Waals surface area contributed by atoms with E-state index in [2.05, 4.69) is 15.1 Å². The molecule has 2 aliphatic heterocycles. The van der Waals surface area contributed by atoms with Crippen molar-refractivity contribution < 1.29 is 37.0 Å². The molecule has 51 heavy (non-hydrogen) atoms. The molecular weight excluding hydrogens is 676 g/mol. The number of fused-ring (bicyclic) bond motifs is 3. The Bertz CT molecular complexity index is 2010. The Morgan fingerprint density at radius 1 is 1.16 bits per heavy atom. The van der Waals surface area contributed by atoms with Gasteiger partial charge in [-0.1, -0.05) is 12.2 Å². The third kappa shape index (κ3) is 6.93. The first-order valence-corrected chi connectivity index (χ1v) is 19.1. The number of aryl methyl sites for hydroxylation is 2. The first-order valence-electron chi connectivity index (χ1n) is 17.5. The summed E-state index contributed by atoms with van der Waals surface area (Å²) in [7, 11) is -2.25. The Balaban J connectivity index is 1.21. The maximum absolute atomic E-state index is 14.2. The SMILES string of the molecule is COc1ccc2c(O[C@@H]3C[C@H]4C(=O)N[C@]5(C(=O)NS(=O)(=O)C6CC6)C[C@H]5/C=C\CCCCO[C@H](C)C(=O)N4C3)cc(-n3cc(C)cn3)nc2c1C. The number of hydrogen-bond acceptors (Lipinski definition) is 10. The zero-order valence-electron chi connectivity index (χ0n) is 29.3. The molecule has 2 aromatic heterocycles. The Morgan fingerprint density at radius 2 is 1.96 bits per heavy atom. The number of allylic oxidation sites excluding steroid dienone is 1. The van der Waals surface area contributed by atoms with Gasteiger partial charge in [0.05, 0.1) is 30.6 Å². The number of aromatic nitrogens is 3. The number of rotatable bonds is 7. The number of pyridine rings is 1. The summed E-state index contributed by atoms with van der Waals surface area (Å²) in [5.74, 6) is -0.392. The summed E-state index contributed by atoms with van der Waals surface area (Å²) in [6, 6.07) is 4.48. The van der Waals surface area contributed by atoms with Crippen LogP contribution >= 0.6 is 0 Å². The lowest BCUT2D eigenvalue weighted by Crippen LogP contribution is -2.57. The maximum atomic E-state index is 14.2. The van der Waals surface area contributed by atoms with Gasteiger partial charge < -0.3 is 24.4 Å². The number of methoxy groups -OCH3 is 1. The normalized spacial score (nSPS) is 27.8. The first-order chi connectivity index (χ1) is 24.4. The number of hydrogen-bond donors (Lipinski definition) is 2. The van der Waals surface area contributed by atoms with E-state index in [0.717, 1.165) is 35.8 Å². The highest BCUT2D eigenvalue weighted by molar-refractivity contribution is 7.91. The Morgan fingerprint density at radius 3 is 2.69 bits per heavy atom. The summed E-state index contributed by atoms with van der Waals surface area (Å²) in [6.07, 6.45) is 9.59. The van der Waals surface area contributed by atoms with Gasteiger partial charge in [-0.25, -0.2) is 18.1 Å². The van der Waals surface area contributed by atoms with Gasteiger partial charge in [0.25, 0.3) is 11.8 Å². The van der Waals surface area contributed by atoms with E-state index in [0.29, 0.717) is 42.3 Å². The van der Waals surface area contributed by atoms with Gasteiger partial charge in [0, 0.05) is 42.2 Å². The quantitative estimate of drug-likeness (QED) is 0.346. The summed E-state index contributed by atoms with van der Waals surface area (Å²) in [5.41, 5.74) is 0.971. The molecule has 0 spiro atoms. The number of ether oxygens (including phenoxy) is 3. The molecule has 1 saturated heterocycles. The second-order valence-electron chi connectivity index (χ2n) is 14.1. The van der Waals surface area contributed by atoms with Crippen molar-refractivity contribution in [1.29, 1.82) is 0 Å². The van der Waals surface area contributed by atoms with Crippen molar-refractivity contribution in [2.75, 3.05) is 20.3 Å². The van der Waals surface area contributed by atoms with Crippen molar-refractivity contribution in [3.05, 3.63) is 53.9 Å². The lowest BCUT2D eigenvalue weighted by Gasteiger charge is -2.28. The molecule has 3 amide bonds. The zero-order chi connectivity index (χ0) is 36.1. The molecule has 4 aliphatic rings. The highest BCUT2D eigenvalue weighted by atomic mass is 32.2. The molecule has 3 aromatic rings. The minimum absolute atomic E-state index is 0.0817. The minimum Gasteiger partial charge on any atom is -0.496 e. The van der Waals surface area contributed by atoms with Crippen LogP contribution in [-0.4, -0.2) is 95.1 Å². The van der Waals surface area contributed by atoms with Crippen molar-refractivity contribution in [3.8, 4) is 17.3 Å². The van der Waals surface area contributed by atoms with Gasteiger partial charge in [-0.05, 0) is 77.0 Å². The van der Waals surface area contributed by atoms with Gasteiger partial charge in [0.15, 0.2) is 5.82 Å². The number of nitrogens with one attached hydrogen (secondary N) is 2. The van der Waals surface area contributed by atoms with Gasteiger partial charge in [-0.3, -0.25) is 19.1 Å². The van der Waals surface area contributed by atoms with E-state index in [9.17, 15) is 22.8 Å². The van der Waals surface area contributed by atoms with Gasteiger partial charge in [-0.15, -0.1) is 0 Å². The van der Waals surface area contributed by atoms with E-state index in [-0.39, 0.29) is 31.2 Å². The molecule has 7 rings (SSSR count). The number of benzene rings is 1. The topological polar surface area (TPSA) is 171 Å². The van der Waals surface area contributed by atoms with Crippen molar-refractivity contribution in [3.63, 3.8) is 0 Å². The Kier molecular flexibility index (Phi) is 9.29. The van der Waals surface area contributed by atoms with Gasteiger partial charge in [-0.2, -0.15) is 5.10 Å². The molecule has 2 saturated carbocycles. The highest BCUT2D eigenvalue weighted by Gasteiger charge is 2.62. The zero-order valence-corrected chi connectivity index (χ0v) is 30.1. The third-order valence-electron chi connectivity index (χ3n) is 10.3. The van der Waals surface area contributed by atoms with Crippen molar-refractivity contribution in [2.45, 2.75) is 94.8 Å². The van der Waals surface area contributed by atoms with Crippen LogP contribution < -0.4 is 19.5 Å². The second-order valence-corrected chi connectivity index (χ2v) is 16.1. The molecular formula is C36H44N6O8S. The molecule has 3 fully saturated rings. The van der Waals surface area contributed by atoms with E-state index in [4.69, 9.17) is 19.2 Å². The minimum atomic E-state index is -3.85. The molecule has 1 aromatic carbocycles. The molecule has 5 atom stereocenters. The van der Waals surface area contributed by atoms with Crippen molar-refractivity contribution in [2.24, 2.45) is 5.92 Å². The fourth-order valence-electron chi connectivity index (χ4n) is 7.05. The van der Waals surface area contributed by atoms with Crippen LogP contribution in [0.5, 0.6) is 11.5 Å². The van der Waals surface area contributed by atoms with Crippen LogP contribution in [0.1, 0.15) is 63.0 Å². The summed E-state index contributed by atoms with van der Waals surface area (Å²) >= 11 is 0. The van der Waals surface area contributed by atoms with E-state index < -0.39 is 50.9 Å². The summed E-state index contributed by atoms with van der Waals surface area (Å²) in [5, 5.41) is 7.46. The fraction of sp³-hybridized carbons (Fsp3) is 0.528. The second kappa shape index (κ2) is 13.6. The van der Waals surface area contributed by atoms with Crippen LogP contribution in [0.2, 0.25) is 0 Å². The lowest BCUT2D eigenvalue weighted by molar-refractivity contribution is -0.147. The molecule has 272 valence electrons. The van der Waals surface area contributed by atoms with E-state index >= 15 is 0 Å². The van der Waals surface area contributed by atoms with Crippen LogP contribution in [0, 0.1) is 19.8 Å². The van der Waals surface area contributed by atoms with E-state index in [1.165, 1.54) is 4.90 Å². The predicted octanol–water partition coefficient (Wildman–Crippen LogP) is 3.02. The van der Waals surface area contributed by atoms with E-state index in [1.54, 1.807) is 31.0 Å². The van der Waals surface area contributed by atoms with Gasteiger partial charge in [0.2, 0.25) is 15.9 Å². The molecule has 0 bridgehead atoms. The largest absolute Gasteiger partial charge is 0.496 e. The monoisotopic (exact) mass is 720 g/mol. The van der Waals surface area contributed by atoms with Gasteiger partial charge >= 0.3 is 0 Å². The number of sulfonamides is 1. The molecule has 14 nitrogen and oxygen atoms in total. The van der Waals surface area contributed by atoms with Crippen LogP contribution in [0.15, 0.2) is 42.7 Å². The van der Waals surface area contributed by atoms with Gasteiger partial charge in [0.1, 0.15) is 35.3 Å². The molecule has 2 N–H and O–H groups in total. The predicted molar refractivity (Wildman–Crippen MR) is 187 cm³/mol. The third-order valence-corrected chi connectivity index (χ3v) is 12.1. The Labute approximate surface area is 296 Å². The van der Waals surface area contributed by atoms with Crippen LogP contribution in [0.3, 0.4) is 0 Å². The number of amides is 3. The molecule has 0 unspecified atom stereocenters. The smallest absolute Gasteiger partial charge is 0.259 e. The standard InChI is InChI=1S/C36H44N6O8S/c1-21-18-37-42(19-21)31-16-30(27-12-13-29(48-4)22(2)32(27)38-31)50-25-15-28-33(43)39-36(35(45)40-51(46,47)26-10-11-26)17-24(36)9-7-5-6-8-14-49-23(3)34(44)41(28)20-25/h7,9,12-13,16,18-19,23-26,28H,5-6,8,10-11,14-15,17,20H2,1-4H3,(H,39,43)(H,40,45)/b9-7-/t23-,24-,25-,28+,36-/m1/s1. The van der Waals surface area contributed by atoms with Crippen LogP contribution in [0.4, 0.5) is 0 Å². The number of nitrogens with zero attached hydrogens (tertiary/aromatic N) is 4. The molecule has 15 heteroatoms. The van der Waals surface area contributed by atoms with Crippen LogP contribution in [0.25, 0.3) is 16.7 Å². The lowest BCUT2D eigenvalue weighted by atomic mass is 10.1.